The van der Waals surface area contributed by atoms with Crippen molar-refractivity contribution in [2.24, 2.45) is 0 Å². The fourth-order valence-electron chi connectivity index (χ4n) is 2.57. The first-order chi connectivity index (χ1) is 11.3. The van der Waals surface area contributed by atoms with Crippen molar-refractivity contribution in [2.45, 2.75) is 19.1 Å². The van der Waals surface area contributed by atoms with Crippen LogP contribution in [0.3, 0.4) is 0 Å². The zero-order chi connectivity index (χ0) is 17.3. The van der Waals surface area contributed by atoms with E-state index in [1.807, 2.05) is 6.07 Å². The second kappa shape index (κ2) is 6.32. The van der Waals surface area contributed by atoms with Crippen molar-refractivity contribution >= 4 is 23.3 Å². The summed E-state index contributed by atoms with van der Waals surface area (Å²) in [5, 5.41) is 2.13. The lowest BCUT2D eigenvalue weighted by Crippen LogP contribution is -2.38. The normalized spacial score (nSPS) is 14.2. The maximum absolute atomic E-state index is 12.7. The van der Waals surface area contributed by atoms with Gasteiger partial charge in [-0.05, 0) is 41.8 Å². The number of hydrogen-bond donors (Lipinski definition) is 1. The van der Waals surface area contributed by atoms with E-state index in [2.05, 4.69) is 10.3 Å². The van der Waals surface area contributed by atoms with Gasteiger partial charge in [-0.25, -0.2) is 4.79 Å². The van der Waals surface area contributed by atoms with Gasteiger partial charge in [0, 0.05) is 31.2 Å². The first-order valence-corrected chi connectivity index (χ1v) is 7.57. The van der Waals surface area contributed by atoms with Crippen molar-refractivity contribution < 1.29 is 18.0 Å². The van der Waals surface area contributed by atoms with Gasteiger partial charge in [0.25, 0.3) is 0 Å². The molecule has 0 aliphatic carbocycles. The number of urea groups is 1. The fraction of sp³-hybridized carbons (Fsp3) is 0.250. The number of alkyl halides is 3. The maximum Gasteiger partial charge on any atom is 0.417 e. The molecule has 1 aromatic heterocycles. The summed E-state index contributed by atoms with van der Waals surface area (Å²) in [5.41, 5.74) is 1.40. The predicted molar refractivity (Wildman–Crippen MR) is 83.8 cm³/mol. The molecular formula is C16H13ClF3N3O. The van der Waals surface area contributed by atoms with Crippen molar-refractivity contribution in [1.82, 2.24) is 9.88 Å². The molecule has 0 saturated carbocycles. The third kappa shape index (κ3) is 3.46. The molecule has 0 saturated heterocycles. The molecular weight excluding hydrogens is 343 g/mol. The summed E-state index contributed by atoms with van der Waals surface area (Å²) in [7, 11) is 0. The van der Waals surface area contributed by atoms with Gasteiger partial charge in [0.05, 0.1) is 10.6 Å². The number of pyridine rings is 1. The van der Waals surface area contributed by atoms with Crippen LogP contribution in [0.25, 0.3) is 0 Å². The zero-order valence-corrected chi connectivity index (χ0v) is 13.2. The summed E-state index contributed by atoms with van der Waals surface area (Å²) >= 11 is 5.66. The molecule has 2 aromatic rings. The van der Waals surface area contributed by atoms with Crippen molar-refractivity contribution in [3.8, 4) is 0 Å². The van der Waals surface area contributed by atoms with Gasteiger partial charge in [0.1, 0.15) is 0 Å². The number of carbonyl (C=O) groups is 1. The highest BCUT2D eigenvalue weighted by molar-refractivity contribution is 6.31. The number of amides is 2. The quantitative estimate of drug-likeness (QED) is 0.827. The van der Waals surface area contributed by atoms with Crippen LogP contribution in [0.15, 0.2) is 36.7 Å². The average Bonchev–Trinajstić information content (AvgIpc) is 2.53. The van der Waals surface area contributed by atoms with Gasteiger partial charge in [0.2, 0.25) is 0 Å². The SMILES string of the molecule is O=C(Nc1ccc(C(F)(F)F)c(Cl)c1)N1CCc2cnccc2C1. The van der Waals surface area contributed by atoms with Crippen LogP contribution in [0.5, 0.6) is 0 Å². The Kier molecular flexibility index (Phi) is 4.36. The van der Waals surface area contributed by atoms with Crippen LogP contribution in [-0.4, -0.2) is 22.5 Å². The van der Waals surface area contributed by atoms with Gasteiger partial charge in [0.15, 0.2) is 0 Å². The van der Waals surface area contributed by atoms with Crippen LogP contribution in [0.1, 0.15) is 16.7 Å². The third-order valence-corrected chi connectivity index (χ3v) is 4.14. The third-order valence-electron chi connectivity index (χ3n) is 3.83. The summed E-state index contributed by atoms with van der Waals surface area (Å²) in [5.74, 6) is 0. The number of nitrogens with one attached hydrogen (secondary N) is 1. The molecule has 0 bridgehead atoms. The molecule has 8 heteroatoms. The van der Waals surface area contributed by atoms with E-state index in [9.17, 15) is 18.0 Å². The summed E-state index contributed by atoms with van der Waals surface area (Å²) in [6, 6.07) is 4.62. The average molecular weight is 356 g/mol. The minimum Gasteiger partial charge on any atom is -0.320 e. The van der Waals surface area contributed by atoms with Crippen molar-refractivity contribution in [1.29, 1.82) is 0 Å². The second-order valence-corrected chi connectivity index (χ2v) is 5.85. The van der Waals surface area contributed by atoms with Gasteiger partial charge in [-0.2, -0.15) is 13.2 Å². The topological polar surface area (TPSA) is 45.2 Å². The fourth-order valence-corrected chi connectivity index (χ4v) is 2.86. The lowest BCUT2D eigenvalue weighted by molar-refractivity contribution is -0.137. The first-order valence-electron chi connectivity index (χ1n) is 7.19. The van der Waals surface area contributed by atoms with Crippen LogP contribution >= 0.6 is 11.6 Å². The van der Waals surface area contributed by atoms with Gasteiger partial charge in [-0.1, -0.05) is 11.6 Å². The van der Waals surface area contributed by atoms with Crippen molar-refractivity contribution in [3.63, 3.8) is 0 Å². The molecule has 2 heterocycles. The van der Waals surface area contributed by atoms with E-state index in [-0.39, 0.29) is 11.7 Å². The lowest BCUT2D eigenvalue weighted by atomic mass is 10.0. The van der Waals surface area contributed by atoms with Crippen LogP contribution < -0.4 is 5.32 Å². The molecule has 0 fully saturated rings. The number of halogens is 4. The van der Waals surface area contributed by atoms with E-state index in [1.165, 1.54) is 6.07 Å². The Morgan fingerprint density at radius 3 is 2.75 bits per heavy atom. The Labute approximate surface area is 141 Å². The summed E-state index contributed by atoms with van der Waals surface area (Å²) in [6.07, 6.45) is -0.398. The molecule has 4 nitrogen and oxygen atoms in total. The highest BCUT2D eigenvalue weighted by Crippen LogP contribution is 2.35. The number of aromatic nitrogens is 1. The molecule has 24 heavy (non-hydrogen) atoms. The summed E-state index contributed by atoms with van der Waals surface area (Å²) < 4.78 is 38.1. The molecule has 1 N–H and O–H groups in total. The Morgan fingerprint density at radius 1 is 1.25 bits per heavy atom. The van der Waals surface area contributed by atoms with E-state index in [4.69, 9.17) is 11.6 Å². The highest BCUT2D eigenvalue weighted by atomic mass is 35.5. The molecule has 0 unspecified atom stereocenters. The molecule has 0 atom stereocenters. The van der Waals surface area contributed by atoms with Crippen LogP contribution in [0, 0.1) is 0 Å². The molecule has 1 aromatic carbocycles. The van der Waals surface area contributed by atoms with E-state index < -0.39 is 16.8 Å². The minimum absolute atomic E-state index is 0.221. The molecule has 0 radical (unpaired) electrons. The zero-order valence-electron chi connectivity index (χ0n) is 12.4. The Bertz CT molecular complexity index is 779. The lowest BCUT2D eigenvalue weighted by Gasteiger charge is -2.28. The maximum atomic E-state index is 12.7. The van der Waals surface area contributed by atoms with Crippen molar-refractivity contribution in [2.75, 3.05) is 11.9 Å². The minimum atomic E-state index is -4.52. The van der Waals surface area contributed by atoms with Gasteiger partial charge >= 0.3 is 12.2 Å². The number of nitrogens with zero attached hydrogens (tertiary/aromatic N) is 2. The number of anilines is 1. The van der Waals surface area contributed by atoms with Crippen LogP contribution in [0.4, 0.5) is 23.7 Å². The number of benzene rings is 1. The van der Waals surface area contributed by atoms with E-state index in [1.54, 1.807) is 17.3 Å². The standard InChI is InChI=1S/C16H13ClF3N3O/c17-14-7-12(1-2-13(14)16(18,19)20)22-15(24)23-6-4-10-8-21-5-3-11(10)9-23/h1-3,5,7-8H,4,6,9H2,(H,22,24). The number of hydrogen-bond acceptors (Lipinski definition) is 2. The predicted octanol–water partition coefficient (Wildman–Crippen LogP) is 4.34. The summed E-state index contributed by atoms with van der Waals surface area (Å²) in [4.78, 5) is 17.9. The van der Waals surface area contributed by atoms with E-state index >= 15 is 0 Å². The van der Waals surface area contributed by atoms with E-state index in [0.29, 0.717) is 19.5 Å². The second-order valence-electron chi connectivity index (χ2n) is 5.44. The molecule has 3 rings (SSSR count). The molecule has 1 aliphatic rings. The van der Waals surface area contributed by atoms with Crippen LogP contribution in [0.2, 0.25) is 5.02 Å². The Balaban J connectivity index is 1.71. The monoisotopic (exact) mass is 355 g/mol. The molecule has 0 spiro atoms. The van der Waals surface area contributed by atoms with Gasteiger partial charge in [-0.3, -0.25) is 4.98 Å². The van der Waals surface area contributed by atoms with Gasteiger partial charge < -0.3 is 10.2 Å². The van der Waals surface area contributed by atoms with Crippen LogP contribution in [-0.2, 0) is 19.1 Å². The smallest absolute Gasteiger partial charge is 0.320 e. The summed E-state index contributed by atoms with van der Waals surface area (Å²) in [6.45, 7) is 0.941. The van der Waals surface area contributed by atoms with Gasteiger partial charge in [-0.15, -0.1) is 0 Å². The highest BCUT2D eigenvalue weighted by Gasteiger charge is 2.33. The molecule has 1 aliphatic heterocycles. The number of fused-ring (bicyclic) bond motifs is 1. The molecule has 126 valence electrons. The first kappa shape index (κ1) is 16.6. The Morgan fingerprint density at radius 2 is 2.04 bits per heavy atom. The number of carbonyl (C=O) groups excluding carboxylic acids is 1. The van der Waals surface area contributed by atoms with E-state index in [0.717, 1.165) is 23.3 Å². The largest absolute Gasteiger partial charge is 0.417 e. The number of rotatable bonds is 1. The van der Waals surface area contributed by atoms with Crippen molar-refractivity contribution in [3.05, 3.63) is 58.4 Å². The molecule has 2 amide bonds. The Hall–Kier alpha value is -2.28.